The van der Waals surface area contributed by atoms with E-state index in [9.17, 15) is 8.42 Å². The fourth-order valence-electron chi connectivity index (χ4n) is 3.01. The first-order valence-corrected chi connectivity index (χ1v) is 8.98. The molecule has 2 saturated heterocycles. The van der Waals surface area contributed by atoms with Crippen LogP contribution in [0, 0.1) is 5.92 Å². The zero-order valence-corrected chi connectivity index (χ0v) is 12.4. The normalized spacial score (nSPS) is 32.4. The van der Waals surface area contributed by atoms with Crippen molar-refractivity contribution in [1.29, 1.82) is 0 Å². The van der Waals surface area contributed by atoms with E-state index in [2.05, 4.69) is 24.1 Å². The fourth-order valence-corrected chi connectivity index (χ4v) is 5.00. The van der Waals surface area contributed by atoms with Crippen molar-refractivity contribution in [3.8, 4) is 0 Å². The fraction of sp³-hybridized carbons (Fsp3) is 1.00. The van der Waals surface area contributed by atoms with Gasteiger partial charge in [0.1, 0.15) is 0 Å². The monoisotopic (exact) mass is 274 g/mol. The second kappa shape index (κ2) is 5.88. The van der Waals surface area contributed by atoms with E-state index >= 15 is 0 Å². The van der Waals surface area contributed by atoms with E-state index in [1.807, 2.05) is 0 Å². The molecule has 0 amide bonds. The molecular weight excluding hydrogens is 248 g/mol. The van der Waals surface area contributed by atoms with Crippen molar-refractivity contribution >= 4 is 9.84 Å². The summed E-state index contributed by atoms with van der Waals surface area (Å²) in [6, 6.07) is 0.358. The number of hydrogen-bond donors (Lipinski definition) is 1. The molecule has 2 rings (SSSR count). The Hall–Kier alpha value is -0.130. The van der Waals surface area contributed by atoms with Crippen molar-refractivity contribution in [2.45, 2.75) is 45.2 Å². The van der Waals surface area contributed by atoms with E-state index in [1.165, 1.54) is 12.8 Å². The molecule has 0 saturated carbocycles. The first kappa shape index (κ1) is 14.3. The van der Waals surface area contributed by atoms with Crippen LogP contribution in [0.3, 0.4) is 0 Å². The Morgan fingerprint density at radius 2 is 1.89 bits per heavy atom. The van der Waals surface area contributed by atoms with Gasteiger partial charge in [-0.2, -0.15) is 0 Å². The highest BCUT2D eigenvalue weighted by atomic mass is 32.2. The van der Waals surface area contributed by atoms with Gasteiger partial charge in [0.05, 0.1) is 11.5 Å². The van der Waals surface area contributed by atoms with Gasteiger partial charge in [-0.1, -0.05) is 13.8 Å². The molecule has 2 aliphatic rings. The largest absolute Gasteiger partial charge is 0.311 e. The highest BCUT2D eigenvalue weighted by molar-refractivity contribution is 7.91. The predicted molar refractivity (Wildman–Crippen MR) is 74.5 cm³/mol. The molecule has 0 aromatic carbocycles. The van der Waals surface area contributed by atoms with E-state index in [0.29, 0.717) is 17.4 Å². The zero-order chi connectivity index (χ0) is 13.2. The molecule has 5 heteroatoms. The minimum absolute atomic E-state index is 0.145. The summed E-state index contributed by atoms with van der Waals surface area (Å²) in [7, 11) is -2.84. The van der Waals surface area contributed by atoms with E-state index in [1.54, 1.807) is 0 Å². The van der Waals surface area contributed by atoms with Crippen LogP contribution in [0.5, 0.6) is 0 Å². The van der Waals surface area contributed by atoms with Crippen LogP contribution < -0.4 is 5.32 Å². The summed E-state index contributed by atoms with van der Waals surface area (Å²) in [6.45, 7) is 7.48. The summed E-state index contributed by atoms with van der Waals surface area (Å²) in [5, 5.41) is 3.47. The first-order chi connectivity index (χ1) is 8.48. The van der Waals surface area contributed by atoms with Crippen LogP contribution in [0.15, 0.2) is 0 Å². The lowest BCUT2D eigenvalue weighted by atomic mass is 10.1. The van der Waals surface area contributed by atoms with E-state index < -0.39 is 9.84 Å². The maximum absolute atomic E-state index is 11.8. The number of likely N-dealkylation sites (tertiary alicyclic amines) is 1. The predicted octanol–water partition coefficient (Wildman–Crippen LogP) is 0.884. The van der Waals surface area contributed by atoms with Gasteiger partial charge in [-0.15, -0.1) is 0 Å². The highest BCUT2D eigenvalue weighted by Gasteiger charge is 2.41. The summed E-state index contributed by atoms with van der Waals surface area (Å²) in [5.41, 5.74) is 0. The Kier molecular flexibility index (Phi) is 4.67. The Morgan fingerprint density at radius 3 is 2.50 bits per heavy atom. The first-order valence-electron chi connectivity index (χ1n) is 7.16. The number of rotatable bonds is 5. The lowest BCUT2D eigenvalue weighted by Gasteiger charge is -2.28. The van der Waals surface area contributed by atoms with Gasteiger partial charge in [-0.3, -0.25) is 4.90 Å². The Morgan fingerprint density at radius 1 is 1.22 bits per heavy atom. The van der Waals surface area contributed by atoms with Gasteiger partial charge in [0.2, 0.25) is 0 Å². The van der Waals surface area contributed by atoms with Crippen LogP contribution in [0.1, 0.15) is 33.1 Å². The molecule has 0 spiro atoms. The average Bonchev–Trinajstić information content (AvgIpc) is 2.84. The third-order valence-corrected chi connectivity index (χ3v) is 5.78. The van der Waals surface area contributed by atoms with Gasteiger partial charge in [0.25, 0.3) is 0 Å². The molecule has 2 fully saturated rings. The SMILES string of the molecule is CC(C)CCN[C@H]1CS(=O)(=O)C[C@@H]1N1CCCC1. The Balaban J connectivity index is 1.92. The number of nitrogens with zero attached hydrogens (tertiary/aromatic N) is 1. The van der Waals surface area contributed by atoms with Crippen molar-refractivity contribution in [3.63, 3.8) is 0 Å². The van der Waals surface area contributed by atoms with Crippen LogP contribution in [0.25, 0.3) is 0 Å². The topological polar surface area (TPSA) is 49.4 Å². The molecule has 0 aromatic heterocycles. The molecule has 2 heterocycles. The number of sulfone groups is 1. The molecule has 0 aromatic rings. The molecule has 0 aliphatic carbocycles. The molecule has 2 atom stereocenters. The van der Waals surface area contributed by atoms with Crippen LogP contribution in [-0.4, -0.2) is 56.5 Å². The summed E-state index contributed by atoms with van der Waals surface area (Å²) in [6.07, 6.45) is 3.55. The third-order valence-electron chi connectivity index (χ3n) is 4.06. The van der Waals surface area contributed by atoms with Crippen LogP contribution in [-0.2, 0) is 9.84 Å². The van der Waals surface area contributed by atoms with Crippen molar-refractivity contribution in [3.05, 3.63) is 0 Å². The minimum atomic E-state index is -2.84. The molecule has 4 nitrogen and oxygen atoms in total. The van der Waals surface area contributed by atoms with Crippen LogP contribution in [0.2, 0.25) is 0 Å². The third kappa shape index (κ3) is 3.68. The molecule has 0 bridgehead atoms. The summed E-state index contributed by atoms with van der Waals surface area (Å²) >= 11 is 0. The maximum atomic E-state index is 11.8. The molecule has 18 heavy (non-hydrogen) atoms. The quantitative estimate of drug-likeness (QED) is 0.809. The van der Waals surface area contributed by atoms with E-state index in [4.69, 9.17) is 0 Å². The van der Waals surface area contributed by atoms with Crippen LogP contribution >= 0.6 is 0 Å². The average molecular weight is 274 g/mol. The summed E-state index contributed by atoms with van der Waals surface area (Å²) in [5.74, 6) is 1.35. The van der Waals surface area contributed by atoms with Crippen molar-refractivity contribution < 1.29 is 8.42 Å². The van der Waals surface area contributed by atoms with Crippen molar-refractivity contribution in [2.75, 3.05) is 31.1 Å². The molecule has 106 valence electrons. The molecule has 2 aliphatic heterocycles. The molecule has 0 unspecified atom stereocenters. The van der Waals surface area contributed by atoms with Gasteiger partial charge < -0.3 is 5.32 Å². The molecule has 1 N–H and O–H groups in total. The second-order valence-corrected chi connectivity index (χ2v) is 8.28. The standard InChI is InChI=1S/C13H26N2O2S/c1-11(2)5-6-14-12-9-18(16,17)10-13(12)15-7-3-4-8-15/h11-14H,3-10H2,1-2H3/t12-,13-/m0/s1. The Bertz CT molecular complexity index is 361. The Labute approximate surface area is 111 Å². The van der Waals surface area contributed by atoms with Gasteiger partial charge >= 0.3 is 0 Å². The maximum Gasteiger partial charge on any atom is 0.153 e. The smallest absolute Gasteiger partial charge is 0.153 e. The van der Waals surface area contributed by atoms with Crippen molar-refractivity contribution in [1.82, 2.24) is 10.2 Å². The highest BCUT2D eigenvalue weighted by Crippen LogP contribution is 2.22. The van der Waals surface area contributed by atoms with Gasteiger partial charge in [0, 0.05) is 12.1 Å². The summed E-state index contributed by atoms with van der Waals surface area (Å²) < 4.78 is 23.7. The minimum Gasteiger partial charge on any atom is -0.311 e. The van der Waals surface area contributed by atoms with E-state index in [0.717, 1.165) is 26.1 Å². The van der Waals surface area contributed by atoms with Gasteiger partial charge in [-0.25, -0.2) is 8.42 Å². The zero-order valence-electron chi connectivity index (χ0n) is 11.6. The van der Waals surface area contributed by atoms with Gasteiger partial charge in [-0.05, 0) is 44.8 Å². The second-order valence-electron chi connectivity index (χ2n) is 6.13. The molecule has 0 radical (unpaired) electrons. The molecular formula is C13H26N2O2S. The number of nitrogens with one attached hydrogen (secondary N) is 1. The van der Waals surface area contributed by atoms with Crippen molar-refractivity contribution in [2.24, 2.45) is 5.92 Å². The van der Waals surface area contributed by atoms with Gasteiger partial charge in [0.15, 0.2) is 9.84 Å². The summed E-state index contributed by atoms with van der Waals surface area (Å²) in [4.78, 5) is 2.37. The lowest BCUT2D eigenvalue weighted by molar-refractivity contribution is 0.225. The lowest BCUT2D eigenvalue weighted by Crippen LogP contribution is -2.48. The van der Waals surface area contributed by atoms with E-state index in [-0.39, 0.29) is 12.1 Å². The number of hydrogen-bond acceptors (Lipinski definition) is 4. The van der Waals surface area contributed by atoms with Crippen LogP contribution in [0.4, 0.5) is 0 Å².